The van der Waals surface area contributed by atoms with Crippen LogP contribution in [0.5, 0.6) is 0 Å². The van der Waals surface area contributed by atoms with Crippen molar-refractivity contribution in [3.63, 3.8) is 0 Å². The van der Waals surface area contributed by atoms with Crippen molar-refractivity contribution in [2.24, 2.45) is 0 Å². The van der Waals surface area contributed by atoms with Crippen molar-refractivity contribution in [1.82, 2.24) is 18.7 Å². The highest BCUT2D eigenvalue weighted by Gasteiger charge is 2.19. The maximum atomic E-state index is 9.85. The molecular formula is C49H28N6. The summed E-state index contributed by atoms with van der Waals surface area (Å²) in [7, 11) is 0. The van der Waals surface area contributed by atoms with Crippen LogP contribution in [0, 0.1) is 22.7 Å². The van der Waals surface area contributed by atoms with Crippen molar-refractivity contribution < 1.29 is 0 Å². The van der Waals surface area contributed by atoms with Gasteiger partial charge in [-0.2, -0.15) is 10.5 Å². The summed E-state index contributed by atoms with van der Waals surface area (Å²) in [6.45, 7) is 0. The first-order chi connectivity index (χ1) is 27.2. The second-order valence-electron chi connectivity index (χ2n) is 13.9. The number of rotatable bonds is 4. The van der Waals surface area contributed by atoms with Crippen LogP contribution in [0.2, 0.25) is 0 Å². The highest BCUT2D eigenvalue weighted by atomic mass is 15.0. The van der Waals surface area contributed by atoms with Gasteiger partial charge in [-0.15, -0.1) is 0 Å². The summed E-state index contributed by atoms with van der Waals surface area (Å²) in [5, 5.41) is 26.4. The third kappa shape index (κ3) is 4.50. The summed E-state index contributed by atoms with van der Waals surface area (Å²) in [5.41, 5.74) is 12.1. The first kappa shape index (κ1) is 30.7. The average molecular weight is 701 g/mol. The number of aromatic nitrogens is 4. The molecule has 0 bridgehead atoms. The van der Waals surface area contributed by atoms with Gasteiger partial charge in [0.1, 0.15) is 12.1 Å². The number of nitrogens with zero attached hydrogens (tertiary/aromatic N) is 6. The summed E-state index contributed by atoms with van der Waals surface area (Å²) in [6, 6.07) is 62.1. The number of fused-ring (bicyclic) bond motifs is 9. The molecule has 11 rings (SSSR count). The lowest BCUT2D eigenvalue weighted by atomic mass is 10.0. The number of nitriles is 2. The largest absolute Gasteiger partial charge is 0.309 e. The zero-order valence-corrected chi connectivity index (χ0v) is 29.3. The second kappa shape index (κ2) is 11.8. The molecule has 0 unspecified atom stereocenters. The maximum Gasteiger partial charge on any atom is 0.101 e. The van der Waals surface area contributed by atoms with E-state index in [0.717, 1.165) is 44.4 Å². The molecule has 4 heterocycles. The van der Waals surface area contributed by atoms with E-state index in [2.05, 4.69) is 176 Å². The summed E-state index contributed by atoms with van der Waals surface area (Å²) in [4.78, 5) is 4.48. The first-order valence-electron chi connectivity index (χ1n) is 18.2. The van der Waals surface area contributed by atoms with E-state index >= 15 is 0 Å². The van der Waals surface area contributed by atoms with E-state index in [-0.39, 0.29) is 0 Å². The third-order valence-electron chi connectivity index (χ3n) is 10.9. The van der Waals surface area contributed by atoms with Crippen molar-refractivity contribution in [3.05, 3.63) is 181 Å². The molecule has 0 amide bonds. The lowest BCUT2D eigenvalue weighted by Crippen LogP contribution is -1.97. The standard InChI is InChI=1S/C49H28N6/c50-28-31-25-33(29-51)49(52-30-31)32-17-19-34(20-18-32)53-47-23-21-35(54-43-13-5-1-9-37(43)38-10-2-6-14-44(38)54)26-41(47)42-27-36(22-24-48(42)53)55-45-15-7-3-11-39(45)40-12-4-8-16-46(40)55/h1-27,30H. The van der Waals surface area contributed by atoms with Crippen molar-refractivity contribution >= 4 is 65.4 Å². The van der Waals surface area contributed by atoms with Gasteiger partial charge < -0.3 is 13.7 Å². The molecule has 0 aliphatic rings. The lowest BCUT2D eigenvalue weighted by Gasteiger charge is -2.11. The van der Waals surface area contributed by atoms with Gasteiger partial charge >= 0.3 is 0 Å². The monoisotopic (exact) mass is 700 g/mol. The van der Waals surface area contributed by atoms with Crippen LogP contribution in [0.1, 0.15) is 11.1 Å². The zero-order valence-electron chi connectivity index (χ0n) is 29.3. The quantitative estimate of drug-likeness (QED) is 0.183. The number of hydrogen-bond acceptors (Lipinski definition) is 3. The fraction of sp³-hybridized carbons (Fsp3) is 0. The molecule has 0 atom stereocenters. The molecule has 0 saturated heterocycles. The van der Waals surface area contributed by atoms with Gasteiger partial charge in [-0.1, -0.05) is 84.9 Å². The van der Waals surface area contributed by atoms with Crippen LogP contribution in [0.3, 0.4) is 0 Å². The molecule has 6 heteroatoms. The van der Waals surface area contributed by atoms with Crippen molar-refractivity contribution in [2.75, 3.05) is 0 Å². The van der Waals surface area contributed by atoms with E-state index < -0.39 is 0 Å². The molecule has 0 fully saturated rings. The smallest absolute Gasteiger partial charge is 0.101 e. The average Bonchev–Trinajstić information content (AvgIpc) is 3.89. The molecule has 55 heavy (non-hydrogen) atoms. The van der Waals surface area contributed by atoms with E-state index in [9.17, 15) is 10.5 Å². The summed E-state index contributed by atoms with van der Waals surface area (Å²) in [6.07, 6.45) is 1.51. The second-order valence-corrected chi connectivity index (χ2v) is 13.9. The minimum atomic E-state index is 0.364. The van der Waals surface area contributed by atoms with Crippen LogP contribution in [-0.2, 0) is 0 Å². The number of pyridine rings is 1. The zero-order chi connectivity index (χ0) is 36.6. The molecule has 0 aliphatic heterocycles. The molecule has 0 N–H and O–H groups in total. The van der Waals surface area contributed by atoms with Gasteiger partial charge in [-0.3, -0.25) is 4.98 Å². The molecule has 6 nitrogen and oxygen atoms in total. The van der Waals surface area contributed by atoms with E-state index in [1.54, 1.807) is 6.07 Å². The fourth-order valence-electron chi connectivity index (χ4n) is 8.57. The van der Waals surface area contributed by atoms with Crippen LogP contribution in [0.4, 0.5) is 0 Å². The number of benzene rings is 7. The van der Waals surface area contributed by atoms with Gasteiger partial charge in [-0.05, 0) is 78.9 Å². The molecule has 0 radical (unpaired) electrons. The lowest BCUT2D eigenvalue weighted by molar-refractivity contribution is 1.16. The van der Waals surface area contributed by atoms with Gasteiger partial charge in [0, 0.05) is 61.1 Å². The van der Waals surface area contributed by atoms with Gasteiger partial charge in [0.05, 0.1) is 49.9 Å². The Morgan fingerprint density at radius 1 is 0.382 bits per heavy atom. The highest BCUT2D eigenvalue weighted by Crippen LogP contribution is 2.39. The molecule has 0 saturated carbocycles. The Balaban J connectivity index is 1.17. The predicted molar refractivity (Wildman–Crippen MR) is 222 cm³/mol. The van der Waals surface area contributed by atoms with Gasteiger partial charge in [0.15, 0.2) is 0 Å². The molecule has 4 aromatic heterocycles. The van der Waals surface area contributed by atoms with E-state index in [4.69, 9.17) is 0 Å². The molecular weight excluding hydrogens is 673 g/mol. The molecule has 7 aromatic carbocycles. The van der Waals surface area contributed by atoms with E-state index in [1.807, 2.05) is 12.1 Å². The SMILES string of the molecule is N#Cc1cnc(-c2ccc(-n3c4ccc(-n5c6ccccc6c6ccccc65)cc4c4cc(-n5c6ccccc6c6ccccc65)ccc43)cc2)c(C#N)c1. The van der Waals surface area contributed by atoms with Crippen molar-refractivity contribution in [2.45, 2.75) is 0 Å². The topological polar surface area (TPSA) is 75.3 Å². The van der Waals surface area contributed by atoms with Crippen LogP contribution in [0.25, 0.3) is 93.7 Å². The molecule has 11 aromatic rings. The van der Waals surface area contributed by atoms with Crippen molar-refractivity contribution in [1.29, 1.82) is 10.5 Å². The Morgan fingerprint density at radius 3 is 1.22 bits per heavy atom. The fourth-order valence-corrected chi connectivity index (χ4v) is 8.57. The molecule has 0 spiro atoms. The van der Waals surface area contributed by atoms with Gasteiger partial charge in [0.25, 0.3) is 0 Å². The van der Waals surface area contributed by atoms with Gasteiger partial charge in [-0.25, -0.2) is 0 Å². The van der Waals surface area contributed by atoms with Crippen LogP contribution in [0.15, 0.2) is 170 Å². The first-order valence-corrected chi connectivity index (χ1v) is 18.2. The highest BCUT2D eigenvalue weighted by molar-refractivity contribution is 6.14. The predicted octanol–water partition coefficient (Wildman–Crippen LogP) is 11.8. The maximum absolute atomic E-state index is 9.85. The summed E-state index contributed by atoms with van der Waals surface area (Å²) >= 11 is 0. The Labute approximate surface area is 315 Å². The third-order valence-corrected chi connectivity index (χ3v) is 10.9. The normalized spacial score (nSPS) is 11.6. The number of hydrogen-bond donors (Lipinski definition) is 0. The molecule has 0 aliphatic carbocycles. The summed E-state index contributed by atoms with van der Waals surface area (Å²) in [5.74, 6) is 0. The number of para-hydroxylation sites is 4. The Hall–Kier alpha value is -7.93. The van der Waals surface area contributed by atoms with E-state index in [0.29, 0.717) is 16.8 Å². The van der Waals surface area contributed by atoms with Crippen LogP contribution in [-0.4, -0.2) is 18.7 Å². The Bertz CT molecular complexity index is 3180. The molecule has 254 valence electrons. The Morgan fingerprint density at radius 2 is 0.782 bits per heavy atom. The minimum Gasteiger partial charge on any atom is -0.309 e. The summed E-state index contributed by atoms with van der Waals surface area (Å²) < 4.78 is 7.06. The Kier molecular flexibility index (Phi) is 6.58. The minimum absolute atomic E-state index is 0.364. The van der Waals surface area contributed by atoms with Crippen LogP contribution >= 0.6 is 0 Å². The van der Waals surface area contributed by atoms with Crippen molar-refractivity contribution in [3.8, 4) is 40.5 Å². The van der Waals surface area contributed by atoms with Crippen LogP contribution < -0.4 is 0 Å². The van der Waals surface area contributed by atoms with E-state index in [1.165, 1.54) is 49.8 Å². The van der Waals surface area contributed by atoms with Gasteiger partial charge in [0.2, 0.25) is 0 Å².